The lowest BCUT2D eigenvalue weighted by Gasteiger charge is -2.36. The van der Waals surface area contributed by atoms with Gasteiger partial charge >= 0.3 is 7.12 Å². The van der Waals surface area contributed by atoms with Crippen LogP contribution in [0.3, 0.4) is 0 Å². The van der Waals surface area contributed by atoms with Crippen LogP contribution in [0.25, 0.3) is 0 Å². The van der Waals surface area contributed by atoms with Crippen LogP contribution in [0.15, 0.2) is 36.5 Å². The molecule has 5 nitrogen and oxygen atoms in total. The smallest absolute Gasteiger partial charge is 0.423 e. The Morgan fingerprint density at radius 1 is 1.19 bits per heavy atom. The summed E-state index contributed by atoms with van der Waals surface area (Å²) >= 11 is 0. The van der Waals surface area contributed by atoms with Gasteiger partial charge in [0.05, 0.1) is 0 Å². The molecule has 0 aromatic carbocycles. The van der Waals surface area contributed by atoms with E-state index in [0.29, 0.717) is 24.6 Å². The van der Waals surface area contributed by atoms with Crippen LogP contribution in [0.4, 0.5) is 0 Å². The minimum absolute atomic E-state index is 0.169. The van der Waals surface area contributed by atoms with Crippen LogP contribution < -0.4 is 10.6 Å². The van der Waals surface area contributed by atoms with Gasteiger partial charge in [-0.1, -0.05) is 60.8 Å². The van der Waals surface area contributed by atoms with Gasteiger partial charge in [-0.3, -0.25) is 4.79 Å². The molecule has 0 heterocycles. The predicted octanol–water partition coefficient (Wildman–Crippen LogP) is 2.82. The van der Waals surface area contributed by atoms with Crippen LogP contribution in [-0.4, -0.2) is 36.2 Å². The predicted molar refractivity (Wildman–Crippen MR) is 110 cm³/mol. The maximum atomic E-state index is 12.0. The number of amides is 1. The van der Waals surface area contributed by atoms with E-state index in [1.54, 1.807) is 0 Å². The van der Waals surface area contributed by atoms with E-state index in [1.807, 2.05) is 0 Å². The van der Waals surface area contributed by atoms with Crippen molar-refractivity contribution >= 4 is 13.0 Å². The van der Waals surface area contributed by atoms with Gasteiger partial charge in [0.2, 0.25) is 5.91 Å². The summed E-state index contributed by atoms with van der Waals surface area (Å²) in [7, 11) is -1.64. The molecule has 26 heavy (non-hydrogen) atoms. The van der Waals surface area contributed by atoms with E-state index in [0.717, 1.165) is 13.0 Å². The second kappa shape index (κ2) is 10.7. The largest absolute Gasteiger partial charge is 0.488 e. The van der Waals surface area contributed by atoms with Gasteiger partial charge in [-0.15, -0.1) is 0 Å². The Labute approximate surface area is 159 Å². The maximum Gasteiger partial charge on any atom is 0.488 e. The highest BCUT2D eigenvalue weighted by Crippen LogP contribution is 2.35. The summed E-state index contributed by atoms with van der Waals surface area (Å²) in [4.78, 5) is 12.0. The first-order valence-electron chi connectivity index (χ1n) is 9.16. The molecule has 0 aliphatic rings. The van der Waals surface area contributed by atoms with Crippen LogP contribution in [0.2, 0.25) is 0 Å². The lowest BCUT2D eigenvalue weighted by atomic mass is 9.72. The normalized spacial score (nSPS) is 13.9. The lowest BCUT2D eigenvalue weighted by Crippen LogP contribution is -2.36. The second-order valence-electron chi connectivity index (χ2n) is 9.08. The Kier molecular flexibility index (Phi) is 10.1. The van der Waals surface area contributed by atoms with Crippen LogP contribution in [-0.2, 0) is 4.79 Å². The molecule has 0 aromatic rings. The highest BCUT2D eigenvalue weighted by Gasteiger charge is 2.28. The fourth-order valence-corrected chi connectivity index (χ4v) is 2.62. The second-order valence-corrected chi connectivity index (χ2v) is 9.08. The summed E-state index contributed by atoms with van der Waals surface area (Å²) in [6.45, 7) is 22.1. The van der Waals surface area contributed by atoms with Gasteiger partial charge in [-0.25, -0.2) is 0 Å². The summed E-state index contributed by atoms with van der Waals surface area (Å²) in [5.41, 5.74) is 0.955. The third kappa shape index (κ3) is 11.3. The molecule has 0 saturated carbocycles. The molecule has 0 aliphatic heterocycles. The van der Waals surface area contributed by atoms with Crippen molar-refractivity contribution in [3.8, 4) is 0 Å². The topological polar surface area (TPSA) is 81.6 Å². The third-order valence-electron chi connectivity index (χ3n) is 4.18. The molecule has 1 atom stereocenters. The molecule has 4 N–H and O–H groups in total. The Morgan fingerprint density at radius 3 is 2.19 bits per heavy atom. The summed E-state index contributed by atoms with van der Waals surface area (Å²) in [5, 5.41) is 24.3. The van der Waals surface area contributed by atoms with Crippen molar-refractivity contribution in [3.63, 3.8) is 0 Å². The molecule has 1 amide bonds. The highest BCUT2D eigenvalue weighted by atomic mass is 16.4. The minimum atomic E-state index is -1.64. The first-order valence-corrected chi connectivity index (χ1v) is 9.16. The van der Waals surface area contributed by atoms with Gasteiger partial charge in [0.1, 0.15) is 0 Å². The zero-order valence-corrected chi connectivity index (χ0v) is 17.4. The van der Waals surface area contributed by atoms with Crippen LogP contribution in [0.1, 0.15) is 54.4 Å². The summed E-state index contributed by atoms with van der Waals surface area (Å²) in [6.07, 6.45) is 4.14. The Bertz CT molecular complexity index is 514. The Balaban J connectivity index is 4.40. The molecule has 0 spiro atoms. The number of hydrogen-bond acceptors (Lipinski definition) is 4. The van der Waals surface area contributed by atoms with Crippen molar-refractivity contribution in [2.24, 2.45) is 16.7 Å². The SMILES string of the molecule is C=C/C(=C\C(=C)NC(=O)CCNCC(CC(C)(C)C)C(C)(C)C)B(O)O. The fourth-order valence-electron chi connectivity index (χ4n) is 2.62. The van der Waals surface area contributed by atoms with E-state index < -0.39 is 7.12 Å². The molecule has 0 aromatic heterocycles. The van der Waals surface area contributed by atoms with E-state index in [9.17, 15) is 4.79 Å². The molecule has 6 heteroatoms. The first-order chi connectivity index (χ1) is 11.8. The van der Waals surface area contributed by atoms with Gasteiger partial charge in [-0.2, -0.15) is 0 Å². The van der Waals surface area contributed by atoms with Gasteiger partial charge in [0, 0.05) is 18.7 Å². The molecule has 0 aliphatic carbocycles. The quantitative estimate of drug-likeness (QED) is 0.273. The fraction of sp³-hybridized carbons (Fsp3) is 0.650. The van der Waals surface area contributed by atoms with E-state index in [1.165, 1.54) is 12.2 Å². The third-order valence-corrected chi connectivity index (χ3v) is 4.18. The monoisotopic (exact) mass is 364 g/mol. The summed E-state index contributed by atoms with van der Waals surface area (Å²) < 4.78 is 0. The van der Waals surface area contributed by atoms with E-state index in [4.69, 9.17) is 10.0 Å². The number of carbonyl (C=O) groups is 1. The zero-order chi connectivity index (χ0) is 20.5. The van der Waals surface area contributed by atoms with Crippen molar-refractivity contribution in [2.75, 3.05) is 13.1 Å². The maximum absolute atomic E-state index is 12.0. The van der Waals surface area contributed by atoms with Crippen molar-refractivity contribution < 1.29 is 14.8 Å². The van der Waals surface area contributed by atoms with E-state index >= 15 is 0 Å². The molecule has 0 radical (unpaired) electrons. The van der Waals surface area contributed by atoms with Crippen molar-refractivity contribution in [1.29, 1.82) is 0 Å². The number of carbonyl (C=O) groups excluding carboxylic acids is 1. The molecule has 148 valence electrons. The van der Waals surface area contributed by atoms with Crippen molar-refractivity contribution in [3.05, 3.63) is 36.5 Å². The molecular weight excluding hydrogens is 327 g/mol. The summed E-state index contributed by atoms with van der Waals surface area (Å²) in [6, 6.07) is 0. The summed E-state index contributed by atoms with van der Waals surface area (Å²) in [5.74, 6) is 0.349. The highest BCUT2D eigenvalue weighted by molar-refractivity contribution is 6.51. The van der Waals surface area contributed by atoms with E-state index in [-0.39, 0.29) is 22.2 Å². The average Bonchev–Trinajstić information content (AvgIpc) is 2.45. The number of hydrogen-bond donors (Lipinski definition) is 4. The zero-order valence-electron chi connectivity index (χ0n) is 17.4. The number of allylic oxidation sites excluding steroid dienone is 3. The molecule has 0 rings (SSSR count). The van der Waals surface area contributed by atoms with Gasteiger partial charge < -0.3 is 20.7 Å². The molecule has 1 unspecified atom stereocenters. The van der Waals surface area contributed by atoms with Crippen LogP contribution in [0.5, 0.6) is 0 Å². The Morgan fingerprint density at radius 2 is 1.77 bits per heavy atom. The van der Waals surface area contributed by atoms with E-state index in [2.05, 4.69) is 65.3 Å². The molecule has 0 fully saturated rings. The van der Waals surface area contributed by atoms with Crippen molar-refractivity contribution in [2.45, 2.75) is 54.4 Å². The van der Waals surface area contributed by atoms with Gasteiger partial charge in [0.15, 0.2) is 0 Å². The Hall–Kier alpha value is -1.37. The van der Waals surface area contributed by atoms with Crippen molar-refractivity contribution in [1.82, 2.24) is 10.6 Å². The number of rotatable bonds is 10. The van der Waals surface area contributed by atoms with Gasteiger partial charge in [0.25, 0.3) is 0 Å². The molecule has 0 bridgehead atoms. The minimum Gasteiger partial charge on any atom is -0.423 e. The van der Waals surface area contributed by atoms with Gasteiger partial charge in [-0.05, 0) is 41.3 Å². The lowest BCUT2D eigenvalue weighted by molar-refractivity contribution is -0.120. The van der Waals surface area contributed by atoms with Crippen LogP contribution in [0, 0.1) is 16.7 Å². The first kappa shape index (κ1) is 24.6. The van der Waals surface area contributed by atoms with Crippen LogP contribution >= 0.6 is 0 Å². The standard InChI is InChI=1S/C20H37BN2O3/c1-9-17(21(25)26)12-15(2)23-18(24)10-11-22-14-16(20(6,7)8)13-19(3,4)5/h9,12,16,22,25-26H,1-2,10-11,13-14H2,3-8H3,(H,23,24)/b17-12+. The average molecular weight is 364 g/mol. The molecular formula is C20H37BN2O3. The molecule has 0 saturated heterocycles. The number of nitrogens with one attached hydrogen (secondary N) is 2.